The summed E-state index contributed by atoms with van der Waals surface area (Å²) in [7, 11) is 0. The van der Waals surface area contributed by atoms with Crippen molar-refractivity contribution in [2.45, 2.75) is 38.2 Å². The quantitative estimate of drug-likeness (QED) is 0.0770. The van der Waals surface area contributed by atoms with E-state index in [2.05, 4.69) is 18.5 Å². The highest BCUT2D eigenvalue weighted by atomic mass is 35.6. The third-order valence-corrected chi connectivity index (χ3v) is 4.91. The molecule has 19 heteroatoms. The van der Waals surface area contributed by atoms with Crippen molar-refractivity contribution in [1.82, 2.24) is 5.32 Å². The van der Waals surface area contributed by atoms with E-state index in [-0.39, 0.29) is 13.2 Å². The molecule has 0 bridgehead atoms. The largest absolute Gasteiger partial charge is 0.509 e. The number of alkyl carbamates (subject to hydrolysis) is 1. The lowest BCUT2D eigenvalue weighted by molar-refractivity contribution is -0.251. The number of amides is 1. The van der Waals surface area contributed by atoms with Crippen LogP contribution in [-0.2, 0) is 33.2 Å². The zero-order valence-corrected chi connectivity index (χ0v) is 23.6. The van der Waals surface area contributed by atoms with Crippen LogP contribution in [0.25, 0.3) is 0 Å². The zero-order valence-electron chi connectivity index (χ0n) is 19.1. The van der Waals surface area contributed by atoms with Gasteiger partial charge in [-0.1, -0.05) is 94.9 Å². The third-order valence-electron chi connectivity index (χ3n) is 4.07. The number of aliphatic hydroxyl groups is 1. The second-order valence-electron chi connectivity index (χ2n) is 6.90. The van der Waals surface area contributed by atoms with Gasteiger partial charge in [-0.25, -0.2) is 14.4 Å². The van der Waals surface area contributed by atoms with E-state index in [4.69, 9.17) is 108 Å². The second-order valence-corrected chi connectivity index (χ2v) is 11.7. The molecule has 1 rings (SSSR count). The van der Waals surface area contributed by atoms with E-state index in [0.717, 1.165) is 0 Å². The van der Waals surface area contributed by atoms with Gasteiger partial charge in [0.2, 0.25) is 16.0 Å². The van der Waals surface area contributed by atoms with Crippen LogP contribution in [0.15, 0.2) is 25.3 Å². The van der Waals surface area contributed by atoms with Crippen molar-refractivity contribution >= 4 is 93.9 Å². The predicted molar refractivity (Wildman–Crippen MR) is 136 cm³/mol. The minimum Gasteiger partial charge on any atom is -0.446 e. The summed E-state index contributed by atoms with van der Waals surface area (Å²) in [6.07, 6.45) is -8.21. The van der Waals surface area contributed by atoms with Crippen LogP contribution in [0, 0.1) is 5.41 Å². The summed E-state index contributed by atoms with van der Waals surface area (Å²) in [6, 6.07) is -1.69. The summed E-state index contributed by atoms with van der Waals surface area (Å²) in [5.41, 5.74) is 0. The molecule has 38 heavy (non-hydrogen) atoms. The first-order valence-corrected chi connectivity index (χ1v) is 12.4. The Bertz CT molecular complexity index is 867. The fraction of sp³-hybridized carbons (Fsp3) is 0.579. The highest BCUT2D eigenvalue weighted by molar-refractivity contribution is 6.76. The van der Waals surface area contributed by atoms with Crippen molar-refractivity contribution in [3.8, 4) is 0 Å². The normalized spacial score (nSPS) is 23.3. The third kappa shape index (κ3) is 12.1. The number of carbonyl (C=O) groups is 3. The van der Waals surface area contributed by atoms with Gasteiger partial charge in [0.15, 0.2) is 12.2 Å². The fourth-order valence-electron chi connectivity index (χ4n) is 2.64. The predicted octanol–water partition coefficient (Wildman–Crippen LogP) is 3.95. The van der Waals surface area contributed by atoms with Gasteiger partial charge in [0, 0.05) is 0 Å². The smallest absolute Gasteiger partial charge is 0.446 e. The fourth-order valence-corrected chi connectivity index (χ4v) is 2.94. The number of aliphatic hydroxyl groups excluding tert-OH is 1. The summed E-state index contributed by atoms with van der Waals surface area (Å²) in [6.45, 7) is 4.61. The average Bonchev–Trinajstić information content (AvgIpc) is 2.82. The number of hydrogen-bond acceptors (Lipinski definition) is 12. The molecule has 0 aromatic heterocycles. The molecule has 1 saturated heterocycles. The molecule has 0 aromatic rings. The van der Waals surface area contributed by atoms with E-state index in [1.165, 1.54) is 12.2 Å². The van der Waals surface area contributed by atoms with Crippen molar-refractivity contribution in [1.29, 1.82) is 5.41 Å². The van der Waals surface area contributed by atoms with Gasteiger partial charge in [-0.05, 0) is 0 Å². The van der Waals surface area contributed by atoms with Gasteiger partial charge in [-0.2, -0.15) is 0 Å². The maximum Gasteiger partial charge on any atom is 0.509 e. The number of nitrogens with one attached hydrogen (secondary N) is 2. The molecule has 0 aromatic carbocycles. The molecule has 0 spiro atoms. The number of carbonyl (C=O) groups excluding carboxylic acids is 3. The molecule has 0 unspecified atom stereocenters. The van der Waals surface area contributed by atoms with E-state index in [9.17, 15) is 19.5 Å². The highest BCUT2D eigenvalue weighted by Crippen LogP contribution is 2.33. The lowest BCUT2D eigenvalue weighted by Crippen LogP contribution is -2.67. The molecule has 1 aliphatic heterocycles. The first-order chi connectivity index (χ1) is 17.6. The van der Waals surface area contributed by atoms with Gasteiger partial charge >= 0.3 is 18.4 Å². The van der Waals surface area contributed by atoms with Crippen molar-refractivity contribution < 1.29 is 52.6 Å². The van der Waals surface area contributed by atoms with Crippen LogP contribution in [-0.4, -0.2) is 94.1 Å². The Morgan fingerprint density at radius 1 is 0.921 bits per heavy atom. The Balaban J connectivity index is 3.44. The van der Waals surface area contributed by atoms with Gasteiger partial charge in [0.25, 0.3) is 3.79 Å². The zero-order chi connectivity index (χ0) is 29.1. The van der Waals surface area contributed by atoms with Gasteiger partial charge < -0.3 is 43.6 Å². The first kappa shape index (κ1) is 34.4. The Morgan fingerprint density at radius 3 is 1.89 bits per heavy atom. The van der Waals surface area contributed by atoms with E-state index in [1.54, 1.807) is 0 Å². The molecular formula is C19H22Cl6N2O11. The van der Waals surface area contributed by atoms with Crippen molar-refractivity contribution in [2.75, 3.05) is 26.4 Å². The van der Waals surface area contributed by atoms with Crippen LogP contribution in [0.1, 0.15) is 0 Å². The maximum absolute atomic E-state index is 12.5. The molecule has 1 aliphatic rings. The molecule has 1 amide bonds. The number of hydrogen-bond donors (Lipinski definition) is 3. The molecule has 3 N–H and O–H groups in total. The highest BCUT2D eigenvalue weighted by Gasteiger charge is 2.53. The summed E-state index contributed by atoms with van der Waals surface area (Å²) in [4.78, 5) is 37.0. The maximum atomic E-state index is 12.5. The molecule has 0 saturated carbocycles. The summed E-state index contributed by atoms with van der Waals surface area (Å²) >= 11 is 33.7. The van der Waals surface area contributed by atoms with Crippen molar-refractivity contribution in [3.05, 3.63) is 25.3 Å². The molecule has 1 heterocycles. The van der Waals surface area contributed by atoms with Crippen LogP contribution in [0.3, 0.4) is 0 Å². The molecule has 1 fully saturated rings. The lowest BCUT2D eigenvalue weighted by Gasteiger charge is -2.44. The van der Waals surface area contributed by atoms with Crippen molar-refractivity contribution in [2.24, 2.45) is 0 Å². The monoisotopic (exact) mass is 664 g/mol. The van der Waals surface area contributed by atoms with Gasteiger partial charge in [-0.3, -0.25) is 5.41 Å². The Morgan fingerprint density at radius 2 is 1.45 bits per heavy atom. The van der Waals surface area contributed by atoms with Gasteiger partial charge in [0.1, 0.15) is 32.0 Å². The standard InChI is InChI=1S/C19H22Cl6N2O11/c1-3-5-32-16(30)36-11-9(7-28)35-13(38-14(26)19(23,24)25)10(12(11)37-17(31)33-6-4-2)27-15(29)34-8-18(20,21)22/h3-4,9-13,26,28H,1-2,5-8H2,(H,27,29)/t9-,10-,11-,12-,13-/m1/s1. The van der Waals surface area contributed by atoms with Crippen LogP contribution in [0.2, 0.25) is 0 Å². The van der Waals surface area contributed by atoms with E-state index in [1.807, 2.05) is 0 Å². The van der Waals surface area contributed by atoms with Gasteiger partial charge in [-0.15, -0.1) is 0 Å². The second kappa shape index (κ2) is 15.9. The first-order valence-electron chi connectivity index (χ1n) is 10.1. The number of ether oxygens (including phenoxy) is 7. The van der Waals surface area contributed by atoms with Crippen molar-refractivity contribution in [3.63, 3.8) is 0 Å². The van der Waals surface area contributed by atoms with Crippen LogP contribution in [0.5, 0.6) is 0 Å². The average molecular weight is 667 g/mol. The molecule has 0 aliphatic carbocycles. The lowest BCUT2D eigenvalue weighted by atomic mass is 9.96. The Kier molecular flexibility index (Phi) is 14.4. The molecule has 216 valence electrons. The minimum absolute atomic E-state index is 0.264. The number of halogens is 6. The number of rotatable bonds is 10. The SMILES string of the molecule is C=CCOC(=O)O[C@@H]1[C@@H](NC(=O)OCC(Cl)(Cl)Cl)[C@@H](OC(=N)C(Cl)(Cl)Cl)O[C@H](CO)[C@H]1OC(=O)OCC=C. The molecule has 5 atom stereocenters. The van der Waals surface area contributed by atoms with Crippen LogP contribution in [0.4, 0.5) is 14.4 Å². The number of alkyl halides is 6. The summed E-state index contributed by atoms with van der Waals surface area (Å²) in [5, 5.41) is 20.0. The Labute approximate surface area is 246 Å². The summed E-state index contributed by atoms with van der Waals surface area (Å²) < 4.78 is 31.1. The molecule has 0 radical (unpaired) electrons. The summed E-state index contributed by atoms with van der Waals surface area (Å²) in [5.74, 6) is -0.997. The van der Waals surface area contributed by atoms with Crippen LogP contribution >= 0.6 is 69.6 Å². The van der Waals surface area contributed by atoms with E-state index >= 15 is 0 Å². The Hall–Kier alpha value is -1.58. The van der Waals surface area contributed by atoms with Crippen LogP contribution < -0.4 is 5.32 Å². The molecular weight excluding hydrogens is 645 g/mol. The van der Waals surface area contributed by atoms with E-state index < -0.39 is 75.7 Å². The molecule has 13 nitrogen and oxygen atoms in total. The minimum atomic E-state index is -2.40. The topological polar surface area (TPSA) is 172 Å². The van der Waals surface area contributed by atoms with E-state index in [0.29, 0.717) is 0 Å². The van der Waals surface area contributed by atoms with Gasteiger partial charge in [0.05, 0.1) is 6.61 Å².